The largest absolute Gasteiger partial charge is 0.319 e. The highest BCUT2D eigenvalue weighted by molar-refractivity contribution is 5.32. The first-order valence-electron chi connectivity index (χ1n) is 6.59. The highest BCUT2D eigenvalue weighted by atomic mass is 19.1. The molecule has 1 N–H and O–H groups in total. The van der Waals surface area contributed by atoms with E-state index in [1.165, 1.54) is 43.7 Å². The second-order valence-corrected chi connectivity index (χ2v) is 6.03. The highest BCUT2D eigenvalue weighted by Crippen LogP contribution is 2.64. The molecule has 0 amide bonds. The van der Waals surface area contributed by atoms with Crippen molar-refractivity contribution in [3.63, 3.8) is 0 Å². The summed E-state index contributed by atoms with van der Waals surface area (Å²) in [5.74, 6) is -0.104. The molecule has 0 atom stereocenters. The summed E-state index contributed by atoms with van der Waals surface area (Å²) in [6, 6.07) is 7.19. The zero-order valence-corrected chi connectivity index (χ0v) is 10.4. The molecule has 1 aromatic carbocycles. The van der Waals surface area contributed by atoms with Gasteiger partial charge in [0.1, 0.15) is 5.82 Å². The Hall–Kier alpha value is -0.890. The van der Waals surface area contributed by atoms with Gasteiger partial charge >= 0.3 is 0 Å². The molecule has 2 fully saturated rings. The normalized spacial score (nSPS) is 24.1. The van der Waals surface area contributed by atoms with E-state index in [-0.39, 0.29) is 11.2 Å². The lowest BCUT2D eigenvalue weighted by Crippen LogP contribution is -2.57. The van der Waals surface area contributed by atoms with Crippen molar-refractivity contribution in [3.05, 3.63) is 35.6 Å². The maximum atomic E-state index is 13.4. The van der Waals surface area contributed by atoms with Gasteiger partial charge in [0.2, 0.25) is 0 Å². The van der Waals surface area contributed by atoms with Gasteiger partial charge in [-0.25, -0.2) is 4.39 Å². The van der Waals surface area contributed by atoms with E-state index in [0.29, 0.717) is 5.41 Å². The molecule has 1 spiro atoms. The zero-order valence-electron chi connectivity index (χ0n) is 10.4. The van der Waals surface area contributed by atoms with Crippen LogP contribution in [0.2, 0.25) is 0 Å². The van der Waals surface area contributed by atoms with E-state index in [1.54, 1.807) is 6.07 Å². The van der Waals surface area contributed by atoms with Gasteiger partial charge in [-0.05, 0) is 55.8 Å². The summed E-state index contributed by atoms with van der Waals surface area (Å²) in [6.07, 6.45) is 6.63. The second-order valence-electron chi connectivity index (χ2n) is 6.03. The molecule has 0 heterocycles. The van der Waals surface area contributed by atoms with Gasteiger partial charge in [0, 0.05) is 12.0 Å². The minimum atomic E-state index is -0.104. The lowest BCUT2D eigenvalue weighted by atomic mass is 9.44. The number of rotatable bonds is 3. The third-order valence-electron chi connectivity index (χ3n) is 4.79. The fourth-order valence-electron chi connectivity index (χ4n) is 4.00. The molecule has 0 saturated heterocycles. The van der Waals surface area contributed by atoms with Crippen LogP contribution in [0.3, 0.4) is 0 Å². The molecule has 92 valence electrons. The van der Waals surface area contributed by atoms with Crippen molar-refractivity contribution in [2.45, 2.75) is 37.5 Å². The third kappa shape index (κ3) is 1.70. The fourth-order valence-corrected chi connectivity index (χ4v) is 4.00. The molecule has 2 aliphatic rings. The standard InChI is InChI=1S/C15H20FN/c1-17-11-15(9-14(10-15)6-3-7-14)12-4-2-5-13(16)8-12/h2,4-5,8,17H,3,6-7,9-11H2,1H3. The van der Waals surface area contributed by atoms with Gasteiger partial charge < -0.3 is 5.32 Å². The Bertz CT molecular complexity index is 415. The predicted octanol–water partition coefficient (Wildman–Crippen LogP) is 3.25. The molecule has 2 aliphatic carbocycles. The van der Waals surface area contributed by atoms with Crippen LogP contribution in [0.4, 0.5) is 4.39 Å². The van der Waals surface area contributed by atoms with E-state index in [0.717, 1.165) is 6.54 Å². The molecule has 2 saturated carbocycles. The van der Waals surface area contributed by atoms with Crippen molar-refractivity contribution in [2.24, 2.45) is 5.41 Å². The molecule has 0 radical (unpaired) electrons. The van der Waals surface area contributed by atoms with E-state index in [9.17, 15) is 4.39 Å². The Kier molecular flexibility index (Phi) is 2.51. The predicted molar refractivity (Wildman–Crippen MR) is 67.5 cm³/mol. The Morgan fingerprint density at radius 2 is 2.06 bits per heavy atom. The lowest BCUT2D eigenvalue weighted by molar-refractivity contribution is -0.0476. The molecule has 0 aromatic heterocycles. The van der Waals surface area contributed by atoms with Crippen molar-refractivity contribution >= 4 is 0 Å². The maximum absolute atomic E-state index is 13.4. The van der Waals surface area contributed by atoms with Crippen molar-refractivity contribution < 1.29 is 4.39 Å². The first-order chi connectivity index (χ1) is 8.18. The summed E-state index contributed by atoms with van der Waals surface area (Å²) in [7, 11) is 1.99. The van der Waals surface area contributed by atoms with Crippen molar-refractivity contribution in [3.8, 4) is 0 Å². The highest BCUT2D eigenvalue weighted by Gasteiger charge is 2.57. The van der Waals surface area contributed by atoms with E-state index >= 15 is 0 Å². The van der Waals surface area contributed by atoms with Crippen LogP contribution in [-0.2, 0) is 5.41 Å². The first-order valence-corrected chi connectivity index (χ1v) is 6.59. The summed E-state index contributed by atoms with van der Waals surface area (Å²) in [5, 5.41) is 3.29. The second kappa shape index (κ2) is 3.81. The molecule has 0 unspecified atom stereocenters. The molecule has 1 aromatic rings. The van der Waals surface area contributed by atoms with Crippen molar-refractivity contribution in [1.29, 1.82) is 0 Å². The summed E-state index contributed by atoms with van der Waals surface area (Å²) in [4.78, 5) is 0. The average molecular weight is 233 g/mol. The molecule has 0 bridgehead atoms. The number of hydrogen-bond acceptors (Lipinski definition) is 1. The van der Waals surface area contributed by atoms with Crippen LogP contribution in [0.15, 0.2) is 24.3 Å². The number of hydrogen-bond donors (Lipinski definition) is 1. The van der Waals surface area contributed by atoms with E-state index in [2.05, 4.69) is 11.4 Å². The SMILES string of the molecule is CNCC1(c2cccc(F)c2)CC2(CCC2)C1. The summed E-state index contributed by atoms with van der Waals surface area (Å²) >= 11 is 0. The monoisotopic (exact) mass is 233 g/mol. The van der Waals surface area contributed by atoms with Gasteiger partial charge in [-0.15, -0.1) is 0 Å². The first kappa shape index (κ1) is 11.2. The molecule has 3 rings (SSSR count). The summed E-state index contributed by atoms with van der Waals surface area (Å²) in [5.41, 5.74) is 1.99. The molecular formula is C15H20FN. The Labute approximate surface area is 102 Å². The molecule has 0 aliphatic heterocycles. The van der Waals surface area contributed by atoms with Crippen LogP contribution in [0, 0.1) is 11.2 Å². The summed E-state index contributed by atoms with van der Waals surface area (Å²) in [6.45, 7) is 0.970. The van der Waals surface area contributed by atoms with Crippen LogP contribution in [-0.4, -0.2) is 13.6 Å². The lowest BCUT2D eigenvalue weighted by Gasteiger charge is -2.61. The minimum Gasteiger partial charge on any atom is -0.319 e. The van der Waals surface area contributed by atoms with Crippen LogP contribution >= 0.6 is 0 Å². The van der Waals surface area contributed by atoms with E-state index < -0.39 is 0 Å². The van der Waals surface area contributed by atoms with Crippen LogP contribution in [0.25, 0.3) is 0 Å². The van der Waals surface area contributed by atoms with Crippen LogP contribution in [0.1, 0.15) is 37.7 Å². The number of halogens is 1. The molecule has 17 heavy (non-hydrogen) atoms. The zero-order chi connectivity index (χ0) is 11.9. The molecule has 1 nitrogen and oxygen atoms in total. The Morgan fingerprint density at radius 1 is 1.29 bits per heavy atom. The number of nitrogens with one attached hydrogen (secondary N) is 1. The Morgan fingerprint density at radius 3 is 2.59 bits per heavy atom. The van der Waals surface area contributed by atoms with Crippen molar-refractivity contribution in [2.75, 3.05) is 13.6 Å². The van der Waals surface area contributed by atoms with Gasteiger partial charge in [-0.1, -0.05) is 18.6 Å². The number of benzene rings is 1. The van der Waals surface area contributed by atoms with E-state index in [1.807, 2.05) is 13.1 Å². The van der Waals surface area contributed by atoms with Crippen LogP contribution < -0.4 is 5.32 Å². The van der Waals surface area contributed by atoms with Gasteiger partial charge in [0.05, 0.1) is 0 Å². The van der Waals surface area contributed by atoms with Gasteiger partial charge in [0.25, 0.3) is 0 Å². The van der Waals surface area contributed by atoms with Gasteiger partial charge in [0.15, 0.2) is 0 Å². The van der Waals surface area contributed by atoms with Gasteiger partial charge in [-0.3, -0.25) is 0 Å². The topological polar surface area (TPSA) is 12.0 Å². The maximum Gasteiger partial charge on any atom is 0.123 e. The quantitative estimate of drug-likeness (QED) is 0.845. The van der Waals surface area contributed by atoms with Gasteiger partial charge in [-0.2, -0.15) is 0 Å². The fraction of sp³-hybridized carbons (Fsp3) is 0.600. The molecule has 2 heteroatoms. The Balaban J connectivity index is 1.86. The average Bonchev–Trinajstić information content (AvgIpc) is 2.20. The smallest absolute Gasteiger partial charge is 0.123 e. The minimum absolute atomic E-state index is 0.104. The van der Waals surface area contributed by atoms with Crippen molar-refractivity contribution in [1.82, 2.24) is 5.32 Å². The summed E-state index contributed by atoms with van der Waals surface area (Å²) < 4.78 is 13.4. The third-order valence-corrected chi connectivity index (χ3v) is 4.79. The van der Waals surface area contributed by atoms with E-state index in [4.69, 9.17) is 0 Å². The van der Waals surface area contributed by atoms with Crippen LogP contribution in [0.5, 0.6) is 0 Å². The molecular weight excluding hydrogens is 213 g/mol. The number of likely N-dealkylation sites (N-methyl/N-ethyl adjacent to an activating group) is 1.